The van der Waals surface area contributed by atoms with Crippen LogP contribution in [0.3, 0.4) is 0 Å². The Morgan fingerprint density at radius 3 is 2.78 bits per heavy atom. The van der Waals surface area contributed by atoms with Crippen LogP contribution >= 0.6 is 15.9 Å². The van der Waals surface area contributed by atoms with Crippen molar-refractivity contribution in [1.29, 1.82) is 5.26 Å². The summed E-state index contributed by atoms with van der Waals surface area (Å²) in [6.07, 6.45) is 0. The first-order chi connectivity index (χ1) is 8.58. The van der Waals surface area contributed by atoms with E-state index in [1.165, 1.54) is 18.2 Å². The lowest BCUT2D eigenvalue weighted by atomic mass is 10.2. The Morgan fingerprint density at radius 2 is 2.11 bits per heavy atom. The molecule has 3 N–H and O–H groups in total. The molecule has 1 aromatic heterocycles. The van der Waals surface area contributed by atoms with Crippen LogP contribution in [-0.4, -0.2) is 9.97 Å². The maximum absolute atomic E-state index is 13.1. The number of halogens is 2. The standard InChI is InChI=1S/C11H7BrFN5/c12-9-4-10(15)18-11(17-9)16-7-1-2-8(13)6(3-7)5-14/h1-4H,(H3,15,16,17,18). The monoisotopic (exact) mass is 307 g/mol. The van der Waals surface area contributed by atoms with Gasteiger partial charge in [0.15, 0.2) is 0 Å². The van der Waals surface area contributed by atoms with Crippen molar-refractivity contribution in [3.8, 4) is 6.07 Å². The van der Waals surface area contributed by atoms with E-state index >= 15 is 0 Å². The van der Waals surface area contributed by atoms with Gasteiger partial charge in [-0.15, -0.1) is 0 Å². The van der Waals surface area contributed by atoms with Crippen LogP contribution in [0, 0.1) is 17.1 Å². The second-order valence-electron chi connectivity index (χ2n) is 3.37. The summed E-state index contributed by atoms with van der Waals surface area (Å²) in [6.45, 7) is 0. The molecule has 90 valence electrons. The van der Waals surface area contributed by atoms with E-state index in [2.05, 4.69) is 31.2 Å². The molecule has 1 aromatic carbocycles. The van der Waals surface area contributed by atoms with Crippen LogP contribution in [0.2, 0.25) is 0 Å². The summed E-state index contributed by atoms with van der Waals surface area (Å²) in [5.74, 6) is -0.0166. The highest BCUT2D eigenvalue weighted by atomic mass is 79.9. The molecule has 7 heteroatoms. The number of hydrogen-bond acceptors (Lipinski definition) is 5. The van der Waals surface area contributed by atoms with Gasteiger partial charge in [-0.1, -0.05) is 0 Å². The van der Waals surface area contributed by atoms with E-state index in [0.717, 1.165) is 0 Å². The molecule has 0 radical (unpaired) electrons. The Morgan fingerprint density at radius 1 is 1.33 bits per heavy atom. The van der Waals surface area contributed by atoms with E-state index in [9.17, 15) is 4.39 Å². The zero-order valence-corrected chi connectivity index (χ0v) is 10.6. The van der Waals surface area contributed by atoms with Gasteiger partial charge < -0.3 is 11.1 Å². The average Bonchev–Trinajstić information content (AvgIpc) is 2.30. The third kappa shape index (κ3) is 2.73. The van der Waals surface area contributed by atoms with E-state index in [1.54, 1.807) is 12.1 Å². The van der Waals surface area contributed by atoms with Crippen molar-refractivity contribution in [3.05, 3.63) is 40.2 Å². The predicted molar refractivity (Wildman–Crippen MR) is 68.5 cm³/mol. The molecule has 0 spiro atoms. The zero-order chi connectivity index (χ0) is 13.1. The number of nitrogens with two attached hydrogens (primary N) is 1. The van der Waals surface area contributed by atoms with E-state index in [4.69, 9.17) is 11.0 Å². The minimum Gasteiger partial charge on any atom is -0.383 e. The number of nitrogens with one attached hydrogen (secondary N) is 1. The third-order valence-electron chi connectivity index (χ3n) is 2.06. The van der Waals surface area contributed by atoms with Crippen LogP contribution in [0.25, 0.3) is 0 Å². The lowest BCUT2D eigenvalue weighted by Gasteiger charge is -2.06. The first kappa shape index (κ1) is 12.3. The molecule has 0 aliphatic rings. The van der Waals surface area contributed by atoms with E-state index < -0.39 is 5.82 Å². The Balaban J connectivity index is 2.31. The van der Waals surface area contributed by atoms with Crippen molar-refractivity contribution in [2.75, 3.05) is 11.1 Å². The average molecular weight is 308 g/mol. The number of rotatable bonds is 2. The molecule has 0 amide bonds. The molecule has 0 saturated heterocycles. The maximum atomic E-state index is 13.1. The van der Waals surface area contributed by atoms with Crippen LogP contribution < -0.4 is 11.1 Å². The Kier molecular flexibility index (Phi) is 3.39. The zero-order valence-electron chi connectivity index (χ0n) is 8.98. The Hall–Kier alpha value is -2.20. The number of nitrogens with zero attached hydrogens (tertiary/aromatic N) is 3. The summed E-state index contributed by atoms with van der Waals surface area (Å²) in [5, 5.41) is 11.6. The van der Waals surface area contributed by atoms with Gasteiger partial charge in [-0.2, -0.15) is 10.2 Å². The lowest BCUT2D eigenvalue weighted by Crippen LogP contribution is -2.01. The molecule has 5 nitrogen and oxygen atoms in total. The second kappa shape index (κ2) is 4.98. The fraction of sp³-hybridized carbons (Fsp3) is 0. The van der Waals surface area contributed by atoms with Crippen LogP contribution in [0.15, 0.2) is 28.9 Å². The molecule has 0 aliphatic carbocycles. The summed E-state index contributed by atoms with van der Waals surface area (Å²) in [6, 6.07) is 7.36. The fourth-order valence-electron chi connectivity index (χ4n) is 1.31. The van der Waals surface area contributed by atoms with Gasteiger partial charge in [-0.25, -0.2) is 9.37 Å². The van der Waals surface area contributed by atoms with E-state index in [-0.39, 0.29) is 11.5 Å². The summed E-state index contributed by atoms with van der Waals surface area (Å²) in [7, 11) is 0. The molecule has 0 saturated carbocycles. The molecule has 2 aromatic rings. The fourth-order valence-corrected chi connectivity index (χ4v) is 1.71. The topological polar surface area (TPSA) is 87.6 Å². The predicted octanol–water partition coefficient (Wildman–Crippen LogP) is 2.58. The van der Waals surface area contributed by atoms with Crippen LogP contribution in [0.5, 0.6) is 0 Å². The summed E-state index contributed by atoms with van der Waals surface area (Å²) in [4.78, 5) is 8.00. The minimum atomic E-state index is -0.572. The SMILES string of the molecule is N#Cc1cc(Nc2nc(N)cc(Br)n2)ccc1F. The van der Waals surface area contributed by atoms with E-state index in [1.807, 2.05) is 0 Å². The van der Waals surface area contributed by atoms with Crippen molar-refractivity contribution < 1.29 is 4.39 Å². The largest absolute Gasteiger partial charge is 0.383 e. The number of benzene rings is 1. The van der Waals surface area contributed by atoms with Gasteiger partial charge in [0, 0.05) is 11.8 Å². The number of aromatic nitrogens is 2. The molecule has 0 fully saturated rings. The number of hydrogen-bond donors (Lipinski definition) is 2. The number of anilines is 3. The highest BCUT2D eigenvalue weighted by Crippen LogP contribution is 2.19. The van der Waals surface area contributed by atoms with Crippen LogP contribution in [0.1, 0.15) is 5.56 Å². The normalized spacial score (nSPS) is 9.83. The molecular formula is C11H7BrFN5. The van der Waals surface area contributed by atoms with Gasteiger partial charge in [-0.3, -0.25) is 0 Å². The lowest BCUT2D eigenvalue weighted by molar-refractivity contribution is 0.624. The first-order valence-corrected chi connectivity index (χ1v) is 5.64. The molecule has 18 heavy (non-hydrogen) atoms. The van der Waals surface area contributed by atoms with Crippen molar-refractivity contribution in [1.82, 2.24) is 9.97 Å². The summed E-state index contributed by atoms with van der Waals surface area (Å²) < 4.78 is 13.7. The van der Waals surface area contributed by atoms with Crippen molar-refractivity contribution in [2.24, 2.45) is 0 Å². The van der Waals surface area contributed by atoms with Gasteiger partial charge >= 0.3 is 0 Å². The third-order valence-corrected chi connectivity index (χ3v) is 2.46. The highest BCUT2D eigenvalue weighted by molar-refractivity contribution is 9.10. The Bertz CT molecular complexity index is 618. The highest BCUT2D eigenvalue weighted by Gasteiger charge is 2.05. The number of nitrogen functional groups attached to an aromatic ring is 1. The molecule has 0 atom stereocenters. The quantitative estimate of drug-likeness (QED) is 0.833. The van der Waals surface area contributed by atoms with Gasteiger partial charge in [0.2, 0.25) is 5.95 Å². The molecule has 0 unspecified atom stereocenters. The minimum absolute atomic E-state index is 0.0528. The molecule has 1 heterocycles. The van der Waals surface area contributed by atoms with Gasteiger partial charge in [0.05, 0.1) is 5.56 Å². The van der Waals surface area contributed by atoms with Crippen LogP contribution in [0.4, 0.5) is 21.8 Å². The van der Waals surface area contributed by atoms with E-state index in [0.29, 0.717) is 16.1 Å². The van der Waals surface area contributed by atoms with Gasteiger partial charge in [0.25, 0.3) is 0 Å². The molecule has 0 bridgehead atoms. The first-order valence-electron chi connectivity index (χ1n) is 4.85. The van der Waals surface area contributed by atoms with Gasteiger partial charge in [-0.05, 0) is 34.1 Å². The van der Waals surface area contributed by atoms with Crippen molar-refractivity contribution in [2.45, 2.75) is 0 Å². The van der Waals surface area contributed by atoms with Crippen molar-refractivity contribution >= 4 is 33.4 Å². The Labute approximate surface area is 111 Å². The molecular weight excluding hydrogens is 301 g/mol. The molecule has 0 aliphatic heterocycles. The smallest absolute Gasteiger partial charge is 0.230 e. The summed E-state index contributed by atoms with van der Waals surface area (Å²) in [5.41, 5.74) is 6.01. The van der Waals surface area contributed by atoms with Crippen LogP contribution in [-0.2, 0) is 0 Å². The maximum Gasteiger partial charge on any atom is 0.230 e. The van der Waals surface area contributed by atoms with Gasteiger partial charge in [0.1, 0.15) is 22.3 Å². The van der Waals surface area contributed by atoms with Crippen molar-refractivity contribution in [3.63, 3.8) is 0 Å². The number of nitriles is 1. The second-order valence-corrected chi connectivity index (χ2v) is 4.18. The summed E-state index contributed by atoms with van der Waals surface area (Å²) >= 11 is 3.18. The molecule has 2 rings (SSSR count).